The lowest BCUT2D eigenvalue weighted by Crippen LogP contribution is -2.21. The van der Waals surface area contributed by atoms with Crippen LogP contribution in [0.3, 0.4) is 0 Å². The van der Waals surface area contributed by atoms with E-state index in [1.54, 1.807) is 38.4 Å². The highest BCUT2D eigenvalue weighted by molar-refractivity contribution is 6.01. The van der Waals surface area contributed by atoms with Crippen LogP contribution in [0.15, 0.2) is 41.3 Å². The van der Waals surface area contributed by atoms with Crippen LogP contribution in [0.2, 0.25) is 0 Å². The van der Waals surface area contributed by atoms with Gasteiger partial charge in [0.1, 0.15) is 5.82 Å². The molecule has 0 radical (unpaired) electrons. The molecule has 0 spiro atoms. The van der Waals surface area contributed by atoms with Crippen molar-refractivity contribution < 1.29 is 14.3 Å². The first-order chi connectivity index (χ1) is 11.9. The SMILES string of the molecule is COc1cc(/C=C/C(=O)Nc2ccn(C)c(=O)n2)ccc1OC(C)C. The number of hydrogen-bond donors (Lipinski definition) is 1. The lowest BCUT2D eigenvalue weighted by Gasteiger charge is -2.13. The van der Waals surface area contributed by atoms with Crippen molar-refractivity contribution in [2.45, 2.75) is 20.0 Å². The Labute approximate surface area is 145 Å². The number of carbonyl (C=O) groups excluding carboxylic acids is 1. The van der Waals surface area contributed by atoms with Gasteiger partial charge < -0.3 is 19.4 Å². The number of aromatic nitrogens is 2. The zero-order valence-electron chi connectivity index (χ0n) is 14.6. The van der Waals surface area contributed by atoms with Crippen LogP contribution < -0.4 is 20.5 Å². The standard InChI is InChI=1S/C18H21N3O4/c1-12(2)25-14-7-5-13(11-15(14)24-4)6-8-17(22)19-16-9-10-21(3)18(23)20-16/h5-12H,1-4H3,(H,19,20,22,23)/b8-6+. The van der Waals surface area contributed by atoms with Crippen molar-refractivity contribution in [1.29, 1.82) is 0 Å². The van der Waals surface area contributed by atoms with Gasteiger partial charge in [0, 0.05) is 19.3 Å². The molecule has 1 aromatic carbocycles. The normalized spacial score (nSPS) is 10.9. The molecule has 0 aliphatic carbocycles. The van der Waals surface area contributed by atoms with Gasteiger partial charge in [0.15, 0.2) is 11.5 Å². The molecule has 0 saturated carbocycles. The van der Waals surface area contributed by atoms with Gasteiger partial charge in [-0.3, -0.25) is 4.79 Å². The third kappa shape index (κ3) is 5.20. The molecule has 7 heteroatoms. The number of nitrogens with zero attached hydrogens (tertiary/aromatic N) is 2. The topological polar surface area (TPSA) is 82.5 Å². The summed E-state index contributed by atoms with van der Waals surface area (Å²) in [5.74, 6) is 1.05. The van der Waals surface area contributed by atoms with Crippen LogP contribution in [0.1, 0.15) is 19.4 Å². The molecule has 1 heterocycles. The number of methoxy groups -OCH3 is 1. The van der Waals surface area contributed by atoms with Crippen LogP contribution in [0, 0.1) is 0 Å². The molecule has 0 aliphatic heterocycles. The first kappa shape index (κ1) is 18.3. The van der Waals surface area contributed by atoms with Gasteiger partial charge in [-0.1, -0.05) is 6.07 Å². The van der Waals surface area contributed by atoms with E-state index in [2.05, 4.69) is 10.3 Å². The van der Waals surface area contributed by atoms with Crippen molar-refractivity contribution in [3.05, 3.63) is 52.6 Å². The van der Waals surface area contributed by atoms with Crippen molar-refractivity contribution in [3.63, 3.8) is 0 Å². The van der Waals surface area contributed by atoms with Crippen LogP contribution in [-0.4, -0.2) is 28.7 Å². The van der Waals surface area contributed by atoms with Gasteiger partial charge in [0.05, 0.1) is 13.2 Å². The first-order valence-corrected chi connectivity index (χ1v) is 7.76. The second-order valence-electron chi connectivity index (χ2n) is 5.61. The molecule has 0 aliphatic rings. The molecule has 0 atom stereocenters. The van der Waals surface area contributed by atoms with Gasteiger partial charge in [0.2, 0.25) is 5.91 Å². The van der Waals surface area contributed by atoms with Crippen LogP contribution in [0.5, 0.6) is 11.5 Å². The maximum absolute atomic E-state index is 11.9. The number of nitrogens with one attached hydrogen (secondary N) is 1. The van der Waals surface area contributed by atoms with Gasteiger partial charge in [0.25, 0.3) is 0 Å². The Morgan fingerprint density at radius 1 is 1.28 bits per heavy atom. The molecule has 0 unspecified atom stereocenters. The summed E-state index contributed by atoms with van der Waals surface area (Å²) < 4.78 is 12.3. The minimum absolute atomic E-state index is 0.0344. The Hall–Kier alpha value is -3.09. The highest BCUT2D eigenvalue weighted by Gasteiger charge is 2.07. The molecule has 0 bridgehead atoms. The third-order valence-corrected chi connectivity index (χ3v) is 3.20. The number of benzene rings is 1. The average Bonchev–Trinajstić information content (AvgIpc) is 2.57. The monoisotopic (exact) mass is 343 g/mol. The predicted octanol–water partition coefficient (Wildman–Crippen LogP) is 2.23. The average molecular weight is 343 g/mol. The van der Waals surface area contributed by atoms with E-state index in [1.165, 1.54) is 16.8 Å². The van der Waals surface area contributed by atoms with Crippen molar-refractivity contribution in [3.8, 4) is 11.5 Å². The summed E-state index contributed by atoms with van der Waals surface area (Å²) in [5, 5.41) is 2.54. The van der Waals surface area contributed by atoms with Crippen molar-refractivity contribution in [2.75, 3.05) is 12.4 Å². The first-order valence-electron chi connectivity index (χ1n) is 7.76. The van der Waals surface area contributed by atoms with Gasteiger partial charge in [-0.05, 0) is 43.7 Å². The number of rotatable bonds is 6. The van der Waals surface area contributed by atoms with Gasteiger partial charge in [-0.25, -0.2) is 4.79 Å². The quantitative estimate of drug-likeness (QED) is 0.813. The van der Waals surface area contributed by atoms with E-state index in [9.17, 15) is 9.59 Å². The molecule has 25 heavy (non-hydrogen) atoms. The number of carbonyl (C=O) groups is 1. The number of amides is 1. The largest absolute Gasteiger partial charge is 0.493 e. The molecule has 7 nitrogen and oxygen atoms in total. The number of aryl methyl sites for hydroxylation is 1. The maximum atomic E-state index is 11.9. The summed E-state index contributed by atoms with van der Waals surface area (Å²) in [4.78, 5) is 27.1. The summed E-state index contributed by atoms with van der Waals surface area (Å²) in [5.41, 5.74) is 0.340. The van der Waals surface area contributed by atoms with Crippen LogP contribution >= 0.6 is 0 Å². The molecule has 1 N–H and O–H groups in total. The Balaban J connectivity index is 2.08. The number of ether oxygens (including phenoxy) is 2. The Morgan fingerprint density at radius 2 is 2.04 bits per heavy atom. The Bertz CT molecular complexity index is 840. The minimum atomic E-state index is -0.438. The zero-order valence-corrected chi connectivity index (χ0v) is 14.6. The third-order valence-electron chi connectivity index (χ3n) is 3.20. The van der Waals surface area contributed by atoms with E-state index < -0.39 is 5.69 Å². The van der Waals surface area contributed by atoms with Crippen molar-refractivity contribution >= 4 is 17.8 Å². The lowest BCUT2D eigenvalue weighted by atomic mass is 10.2. The summed E-state index contributed by atoms with van der Waals surface area (Å²) in [7, 11) is 3.14. The van der Waals surface area contributed by atoms with Gasteiger partial charge in [-0.2, -0.15) is 4.98 Å². The highest BCUT2D eigenvalue weighted by atomic mass is 16.5. The molecular formula is C18H21N3O4. The van der Waals surface area contributed by atoms with E-state index in [4.69, 9.17) is 9.47 Å². The second-order valence-corrected chi connectivity index (χ2v) is 5.61. The summed E-state index contributed by atoms with van der Waals surface area (Å²) in [6, 6.07) is 6.94. The van der Waals surface area contributed by atoms with Crippen LogP contribution in [0.25, 0.3) is 6.08 Å². The summed E-state index contributed by atoms with van der Waals surface area (Å²) in [6.45, 7) is 3.87. The summed E-state index contributed by atoms with van der Waals surface area (Å²) in [6.07, 6.45) is 4.56. The highest BCUT2D eigenvalue weighted by Crippen LogP contribution is 2.29. The van der Waals surface area contributed by atoms with Crippen LogP contribution in [0.4, 0.5) is 5.82 Å². The maximum Gasteiger partial charge on any atom is 0.349 e. The minimum Gasteiger partial charge on any atom is -0.493 e. The van der Waals surface area contributed by atoms with E-state index in [0.29, 0.717) is 11.5 Å². The van der Waals surface area contributed by atoms with Crippen LogP contribution in [-0.2, 0) is 11.8 Å². The molecule has 1 aromatic heterocycles. The molecule has 1 amide bonds. The van der Waals surface area contributed by atoms with E-state index in [0.717, 1.165) is 5.56 Å². The van der Waals surface area contributed by atoms with Gasteiger partial charge in [-0.15, -0.1) is 0 Å². The lowest BCUT2D eigenvalue weighted by molar-refractivity contribution is -0.111. The summed E-state index contributed by atoms with van der Waals surface area (Å²) >= 11 is 0. The fourth-order valence-electron chi connectivity index (χ4n) is 2.01. The van der Waals surface area contributed by atoms with E-state index in [1.807, 2.05) is 19.9 Å². The van der Waals surface area contributed by atoms with E-state index >= 15 is 0 Å². The van der Waals surface area contributed by atoms with Crippen molar-refractivity contribution in [1.82, 2.24) is 9.55 Å². The number of anilines is 1. The predicted molar refractivity (Wildman–Crippen MR) is 95.9 cm³/mol. The van der Waals surface area contributed by atoms with Gasteiger partial charge >= 0.3 is 5.69 Å². The molecule has 0 fully saturated rings. The van der Waals surface area contributed by atoms with E-state index in [-0.39, 0.29) is 17.8 Å². The molecule has 0 saturated heterocycles. The molecule has 132 valence electrons. The zero-order chi connectivity index (χ0) is 18.4. The fraction of sp³-hybridized carbons (Fsp3) is 0.278. The number of hydrogen-bond acceptors (Lipinski definition) is 5. The Morgan fingerprint density at radius 3 is 2.68 bits per heavy atom. The Kier molecular flexibility index (Phi) is 5.94. The molecular weight excluding hydrogens is 322 g/mol. The van der Waals surface area contributed by atoms with Crippen molar-refractivity contribution in [2.24, 2.45) is 7.05 Å². The second kappa shape index (κ2) is 8.14. The fourth-order valence-corrected chi connectivity index (χ4v) is 2.01. The molecule has 2 rings (SSSR count). The molecule has 2 aromatic rings. The smallest absolute Gasteiger partial charge is 0.349 e.